The van der Waals surface area contributed by atoms with Crippen molar-refractivity contribution < 1.29 is 19.4 Å². The van der Waals surface area contributed by atoms with Crippen molar-refractivity contribution in [2.45, 2.75) is 13.8 Å². The van der Waals surface area contributed by atoms with Crippen LogP contribution in [0.25, 0.3) is 5.57 Å². The number of methoxy groups -OCH3 is 1. The molecule has 0 aromatic heterocycles. The number of anilines is 1. The van der Waals surface area contributed by atoms with Crippen LogP contribution in [0.1, 0.15) is 16.7 Å². The van der Waals surface area contributed by atoms with Crippen molar-refractivity contribution in [2.24, 2.45) is 0 Å². The molecule has 7 nitrogen and oxygen atoms in total. The van der Waals surface area contributed by atoms with E-state index in [4.69, 9.17) is 4.74 Å². The Morgan fingerprint density at radius 2 is 1.69 bits per heavy atom. The van der Waals surface area contributed by atoms with Crippen LogP contribution in [0, 0.1) is 13.8 Å². The lowest BCUT2D eigenvalue weighted by Crippen LogP contribution is -2.48. The maximum atomic E-state index is 13.8. The lowest BCUT2D eigenvalue weighted by Gasteiger charge is -2.36. The molecule has 7 heteroatoms. The summed E-state index contributed by atoms with van der Waals surface area (Å²) in [5.74, 6) is -0.0831. The number of amides is 2. The van der Waals surface area contributed by atoms with E-state index in [1.807, 2.05) is 55.1 Å². The highest BCUT2D eigenvalue weighted by Gasteiger charge is 2.44. The fourth-order valence-electron chi connectivity index (χ4n) is 4.52. The summed E-state index contributed by atoms with van der Waals surface area (Å²) in [6.07, 6.45) is 0. The zero-order chi connectivity index (χ0) is 22.8. The molecule has 2 amide bonds. The van der Waals surface area contributed by atoms with Gasteiger partial charge in [0.2, 0.25) is 0 Å². The molecule has 1 N–H and O–H groups in total. The number of aryl methyl sites for hydroxylation is 2. The zero-order valence-corrected chi connectivity index (χ0v) is 18.8. The Hall–Kier alpha value is -3.16. The van der Waals surface area contributed by atoms with Crippen LogP contribution in [0.5, 0.6) is 5.75 Å². The van der Waals surface area contributed by atoms with Gasteiger partial charge in [0.25, 0.3) is 11.8 Å². The van der Waals surface area contributed by atoms with E-state index in [1.54, 1.807) is 13.2 Å². The van der Waals surface area contributed by atoms with Crippen molar-refractivity contribution in [3.8, 4) is 5.75 Å². The van der Waals surface area contributed by atoms with Gasteiger partial charge in [0.15, 0.2) is 0 Å². The molecule has 0 aliphatic carbocycles. The van der Waals surface area contributed by atoms with Crippen molar-refractivity contribution >= 4 is 23.1 Å². The summed E-state index contributed by atoms with van der Waals surface area (Å²) in [6.45, 7) is 7.25. The van der Waals surface area contributed by atoms with Crippen LogP contribution in [0.15, 0.2) is 48.2 Å². The Bertz CT molecular complexity index is 1070. The normalized spacial score (nSPS) is 17.5. The number of benzene rings is 2. The van der Waals surface area contributed by atoms with E-state index in [1.165, 1.54) is 4.90 Å². The Labute approximate surface area is 188 Å². The van der Waals surface area contributed by atoms with Crippen LogP contribution in [0.2, 0.25) is 0 Å². The van der Waals surface area contributed by atoms with E-state index < -0.39 is 0 Å². The molecular weight excluding hydrogens is 406 g/mol. The molecule has 0 unspecified atom stereocenters. The fraction of sp³-hybridized carbons (Fsp3) is 0.360. The molecular formula is C25H29N3O4. The number of carbonyl (C=O) groups is 2. The summed E-state index contributed by atoms with van der Waals surface area (Å²) in [4.78, 5) is 33.0. The van der Waals surface area contributed by atoms with Crippen molar-refractivity contribution in [1.29, 1.82) is 0 Å². The Kier molecular flexibility index (Phi) is 6.30. The van der Waals surface area contributed by atoms with Gasteiger partial charge in [-0.15, -0.1) is 0 Å². The van der Waals surface area contributed by atoms with Crippen LogP contribution in [0.3, 0.4) is 0 Å². The highest BCUT2D eigenvalue weighted by molar-refractivity contribution is 6.45. The van der Waals surface area contributed by atoms with Gasteiger partial charge in [0.1, 0.15) is 11.4 Å². The molecule has 4 rings (SSSR count). The Morgan fingerprint density at radius 3 is 2.34 bits per heavy atom. The van der Waals surface area contributed by atoms with Gasteiger partial charge in [-0.1, -0.05) is 35.9 Å². The summed E-state index contributed by atoms with van der Waals surface area (Å²) in [6, 6.07) is 13.0. The minimum atomic E-state index is -0.334. The van der Waals surface area contributed by atoms with Gasteiger partial charge < -0.3 is 14.7 Å². The third-order valence-corrected chi connectivity index (χ3v) is 6.13. The first kappa shape index (κ1) is 22.0. The van der Waals surface area contributed by atoms with Crippen LogP contribution in [0.4, 0.5) is 5.69 Å². The molecule has 0 radical (unpaired) electrons. The quantitative estimate of drug-likeness (QED) is 0.702. The largest absolute Gasteiger partial charge is 0.496 e. The first-order valence-electron chi connectivity index (χ1n) is 10.9. The first-order valence-corrected chi connectivity index (χ1v) is 10.9. The van der Waals surface area contributed by atoms with E-state index in [0.29, 0.717) is 61.0 Å². The number of aliphatic hydroxyl groups excluding tert-OH is 1. The van der Waals surface area contributed by atoms with Crippen LogP contribution < -0.4 is 9.64 Å². The van der Waals surface area contributed by atoms with E-state index in [9.17, 15) is 14.7 Å². The average molecular weight is 436 g/mol. The summed E-state index contributed by atoms with van der Waals surface area (Å²) in [7, 11) is 1.57. The molecule has 168 valence electrons. The standard InChI is InChI=1S/C25H29N3O4/c1-17-8-9-20(18(2)16-17)28-24(30)22(19-6-4-5-7-21(19)32-3)23(25(28)31)27-12-10-26(11-13-27)14-15-29/h4-9,16,29H,10-15H2,1-3H3. The van der Waals surface area contributed by atoms with Crippen LogP contribution >= 0.6 is 0 Å². The molecule has 2 aliphatic heterocycles. The number of aliphatic hydroxyl groups is 1. The monoisotopic (exact) mass is 435 g/mol. The molecule has 0 saturated carbocycles. The number of hydrogen-bond acceptors (Lipinski definition) is 6. The highest BCUT2D eigenvalue weighted by atomic mass is 16.5. The number of imide groups is 1. The maximum absolute atomic E-state index is 13.8. The van der Waals surface area contributed by atoms with Gasteiger partial charge in [-0.2, -0.15) is 0 Å². The number of ether oxygens (including phenoxy) is 1. The van der Waals surface area contributed by atoms with Crippen molar-refractivity contribution in [2.75, 3.05) is 51.3 Å². The summed E-state index contributed by atoms with van der Waals surface area (Å²) >= 11 is 0. The molecule has 0 atom stereocenters. The van der Waals surface area contributed by atoms with Gasteiger partial charge in [-0.25, -0.2) is 4.90 Å². The van der Waals surface area contributed by atoms with E-state index in [0.717, 1.165) is 11.1 Å². The number of nitrogens with zero attached hydrogens (tertiary/aromatic N) is 3. The Morgan fingerprint density at radius 1 is 0.969 bits per heavy atom. The van der Waals surface area contributed by atoms with Gasteiger partial charge in [-0.05, 0) is 31.5 Å². The second-order valence-electron chi connectivity index (χ2n) is 8.21. The van der Waals surface area contributed by atoms with Crippen molar-refractivity contribution in [1.82, 2.24) is 9.80 Å². The maximum Gasteiger partial charge on any atom is 0.282 e. The molecule has 0 spiro atoms. The average Bonchev–Trinajstić information content (AvgIpc) is 3.04. The van der Waals surface area contributed by atoms with Gasteiger partial charge in [0, 0.05) is 38.3 Å². The minimum Gasteiger partial charge on any atom is -0.496 e. The van der Waals surface area contributed by atoms with E-state index in [2.05, 4.69) is 4.90 Å². The molecule has 1 saturated heterocycles. The van der Waals surface area contributed by atoms with Gasteiger partial charge >= 0.3 is 0 Å². The SMILES string of the molecule is COc1ccccc1C1=C(N2CCN(CCO)CC2)C(=O)N(c2ccc(C)cc2C)C1=O. The highest BCUT2D eigenvalue weighted by Crippen LogP contribution is 2.39. The number of hydrogen-bond donors (Lipinski definition) is 1. The molecule has 2 aromatic carbocycles. The second-order valence-corrected chi connectivity index (χ2v) is 8.21. The topological polar surface area (TPSA) is 73.3 Å². The first-order chi connectivity index (χ1) is 15.5. The summed E-state index contributed by atoms with van der Waals surface area (Å²) < 4.78 is 5.54. The Balaban J connectivity index is 1.80. The smallest absolute Gasteiger partial charge is 0.282 e. The molecule has 2 aromatic rings. The number of rotatable bonds is 6. The number of piperazine rings is 1. The predicted molar refractivity (Wildman–Crippen MR) is 123 cm³/mol. The zero-order valence-electron chi connectivity index (χ0n) is 18.8. The van der Waals surface area contributed by atoms with Crippen molar-refractivity contribution in [3.63, 3.8) is 0 Å². The minimum absolute atomic E-state index is 0.104. The summed E-state index contributed by atoms with van der Waals surface area (Å²) in [5.41, 5.74) is 3.97. The second kappa shape index (κ2) is 9.14. The molecule has 2 aliphatic rings. The van der Waals surface area contributed by atoms with E-state index >= 15 is 0 Å². The lowest BCUT2D eigenvalue weighted by atomic mass is 10.0. The lowest BCUT2D eigenvalue weighted by molar-refractivity contribution is -0.120. The van der Waals surface area contributed by atoms with Gasteiger partial charge in [0.05, 0.1) is 25.0 Å². The summed E-state index contributed by atoms with van der Waals surface area (Å²) in [5, 5.41) is 9.24. The van der Waals surface area contributed by atoms with Crippen LogP contribution in [-0.2, 0) is 9.59 Å². The van der Waals surface area contributed by atoms with Crippen molar-refractivity contribution in [3.05, 3.63) is 64.9 Å². The molecule has 2 heterocycles. The van der Waals surface area contributed by atoms with Gasteiger partial charge in [-0.3, -0.25) is 14.5 Å². The number of carbonyl (C=O) groups excluding carboxylic acids is 2. The third kappa shape index (κ3) is 3.89. The third-order valence-electron chi connectivity index (χ3n) is 6.13. The molecule has 32 heavy (non-hydrogen) atoms. The molecule has 0 bridgehead atoms. The van der Waals surface area contributed by atoms with E-state index in [-0.39, 0.29) is 18.4 Å². The van der Waals surface area contributed by atoms with Crippen LogP contribution in [-0.4, -0.2) is 73.2 Å². The predicted octanol–water partition coefficient (Wildman–Crippen LogP) is 2.21. The molecule has 1 fully saturated rings. The fourth-order valence-corrected chi connectivity index (χ4v) is 4.52. The number of para-hydroxylation sites is 1. The number of β-amino-alcohol motifs (C(OH)–C–C–N with tert-alkyl or cyclic N) is 1.